The molecule has 3 aliphatic rings. The molecule has 3 atom stereocenters. The topological polar surface area (TPSA) is 135 Å². The van der Waals surface area contributed by atoms with Crippen molar-refractivity contribution >= 4 is 42.7 Å². The van der Waals surface area contributed by atoms with Gasteiger partial charge in [-0.05, 0) is 69.2 Å². The molecule has 7 rings (SSSR count). The molecule has 2 saturated heterocycles. The lowest BCUT2D eigenvalue weighted by Crippen LogP contribution is -2.45. The molecule has 2 N–H and O–H groups in total. The van der Waals surface area contributed by atoms with Crippen LogP contribution < -0.4 is 10.2 Å². The molecule has 1 unspecified atom stereocenters. The number of piperidine rings is 1. The van der Waals surface area contributed by atoms with E-state index >= 15 is 0 Å². The molecule has 0 spiro atoms. The number of hydrogen-bond donors (Lipinski definition) is 2. The Hall–Kier alpha value is -3.32. The second kappa shape index (κ2) is 11.3. The van der Waals surface area contributed by atoms with Crippen LogP contribution in [0.5, 0.6) is 0 Å². The van der Waals surface area contributed by atoms with Crippen molar-refractivity contribution in [1.82, 2.24) is 15.5 Å². The summed E-state index contributed by atoms with van der Waals surface area (Å²) in [4.78, 5) is 19.9. The number of rotatable bonds is 10. The average molecular weight is 623 g/mol. The van der Waals surface area contributed by atoms with Gasteiger partial charge in [0.15, 0.2) is 5.13 Å². The second-order valence-corrected chi connectivity index (χ2v) is 14.5. The van der Waals surface area contributed by atoms with Gasteiger partial charge in [0.05, 0.1) is 28.7 Å². The van der Waals surface area contributed by atoms with Gasteiger partial charge in [-0.1, -0.05) is 40.8 Å². The van der Waals surface area contributed by atoms with Gasteiger partial charge in [0.25, 0.3) is 16.0 Å². The minimum absolute atomic E-state index is 0.146. The Labute approximate surface area is 254 Å². The smallest absolute Gasteiger partial charge is 0.266 e. The van der Waals surface area contributed by atoms with Crippen LogP contribution in [-0.2, 0) is 21.5 Å². The fourth-order valence-corrected chi connectivity index (χ4v) is 8.02. The molecule has 226 valence electrons. The summed E-state index contributed by atoms with van der Waals surface area (Å²) < 4.78 is 44.2. The lowest BCUT2D eigenvalue weighted by Gasteiger charge is -2.38. The van der Waals surface area contributed by atoms with E-state index in [1.165, 1.54) is 5.56 Å². The number of carbonyl (C=O) groups is 1. The van der Waals surface area contributed by atoms with Gasteiger partial charge in [-0.2, -0.15) is 8.42 Å². The van der Waals surface area contributed by atoms with E-state index in [0.29, 0.717) is 30.2 Å². The van der Waals surface area contributed by atoms with Crippen LogP contribution in [0.3, 0.4) is 0 Å². The van der Waals surface area contributed by atoms with Gasteiger partial charge < -0.3 is 19.5 Å². The van der Waals surface area contributed by atoms with Crippen molar-refractivity contribution < 1.29 is 27.0 Å². The number of hydrogen-bond acceptors (Lipinski definition) is 9. The Kier molecular flexibility index (Phi) is 7.48. The van der Waals surface area contributed by atoms with Gasteiger partial charge in [-0.15, -0.1) is 0 Å². The minimum Gasteiger partial charge on any atom is -0.373 e. The number of nitrogens with zero attached hydrogens (tertiary/aromatic N) is 3. The van der Waals surface area contributed by atoms with E-state index < -0.39 is 15.9 Å². The van der Waals surface area contributed by atoms with E-state index in [1.807, 2.05) is 18.2 Å². The third kappa shape index (κ3) is 5.93. The number of aromatic nitrogens is 2. The van der Waals surface area contributed by atoms with Crippen molar-refractivity contribution in [3.8, 4) is 11.3 Å². The van der Waals surface area contributed by atoms with Crippen molar-refractivity contribution in [1.29, 1.82) is 0 Å². The number of aryl methyl sites for hydroxylation is 1. The van der Waals surface area contributed by atoms with Crippen LogP contribution in [0.4, 0.5) is 5.13 Å². The van der Waals surface area contributed by atoms with Crippen LogP contribution >= 0.6 is 11.3 Å². The molecule has 2 aromatic carbocycles. The largest absolute Gasteiger partial charge is 0.373 e. The molecular weight excluding hydrogens is 588 g/mol. The van der Waals surface area contributed by atoms with E-state index in [9.17, 15) is 13.2 Å². The first-order valence-corrected chi connectivity index (χ1v) is 17.2. The van der Waals surface area contributed by atoms with Gasteiger partial charge in [0, 0.05) is 41.2 Å². The summed E-state index contributed by atoms with van der Waals surface area (Å²) >= 11 is 1.57. The first-order valence-electron chi connectivity index (χ1n) is 14.8. The highest BCUT2D eigenvalue weighted by atomic mass is 32.2. The SMILES string of the molecule is Cc1ccccc1-c1noc(C2CC2)c1CO[C@@H]1CC2CC[C@@H](C1)N2c1nc2ccc(C(=O)NCCS(=O)(=O)O)cc2s1. The third-order valence-corrected chi connectivity index (χ3v) is 10.6. The number of fused-ring (bicyclic) bond motifs is 3. The molecule has 4 heterocycles. The highest BCUT2D eigenvalue weighted by Crippen LogP contribution is 2.46. The highest BCUT2D eigenvalue weighted by Gasteiger charge is 2.43. The Morgan fingerprint density at radius 1 is 1.14 bits per heavy atom. The Bertz CT molecular complexity index is 1770. The highest BCUT2D eigenvalue weighted by molar-refractivity contribution is 7.85. The molecule has 12 heteroatoms. The zero-order chi connectivity index (χ0) is 29.7. The number of ether oxygens (including phenoxy) is 1. The van der Waals surface area contributed by atoms with Crippen molar-refractivity contribution in [2.24, 2.45) is 0 Å². The molecule has 1 amide bonds. The van der Waals surface area contributed by atoms with Crippen LogP contribution in [0.2, 0.25) is 0 Å². The molecule has 10 nitrogen and oxygen atoms in total. The van der Waals surface area contributed by atoms with Gasteiger partial charge in [0.2, 0.25) is 0 Å². The maximum Gasteiger partial charge on any atom is 0.266 e. The summed E-state index contributed by atoms with van der Waals surface area (Å²) in [5, 5.41) is 8.00. The fourth-order valence-electron chi connectivity index (χ4n) is 6.51. The number of anilines is 1. The van der Waals surface area contributed by atoms with Crippen molar-refractivity contribution in [2.75, 3.05) is 17.2 Å². The predicted octanol–water partition coefficient (Wildman–Crippen LogP) is 5.47. The standard InChI is InChI=1S/C31H34N4O6S2/c1-18-4-2-3-5-24(18)28-25(29(41-34-28)19-6-7-19)17-40-23-15-21-9-10-22(16-23)35(21)31-33-26-11-8-20(14-27(26)42-31)30(36)32-12-13-43(37,38)39/h2-5,8,11,14,19,21-23H,6-7,9-10,12-13,15-17H2,1H3,(H,32,36)(H,37,38,39)/t21-,22?,23-/m0/s1. The zero-order valence-corrected chi connectivity index (χ0v) is 25.5. The summed E-state index contributed by atoms with van der Waals surface area (Å²) in [6.07, 6.45) is 6.47. The van der Waals surface area contributed by atoms with Crippen LogP contribution in [-0.4, -0.2) is 59.5 Å². The van der Waals surface area contributed by atoms with E-state index in [2.05, 4.69) is 34.4 Å². The molecule has 1 aliphatic carbocycles. The third-order valence-electron chi connectivity index (χ3n) is 8.83. The van der Waals surface area contributed by atoms with Crippen LogP contribution in [0.25, 0.3) is 21.5 Å². The Morgan fingerprint density at radius 3 is 2.63 bits per heavy atom. The maximum absolute atomic E-state index is 12.5. The number of thiazole rings is 1. The molecule has 4 aromatic rings. The minimum atomic E-state index is -4.13. The Morgan fingerprint density at radius 2 is 1.91 bits per heavy atom. The lowest BCUT2D eigenvalue weighted by molar-refractivity contribution is 0.0147. The molecule has 2 aromatic heterocycles. The second-order valence-electron chi connectivity index (χ2n) is 11.9. The van der Waals surface area contributed by atoms with Crippen molar-refractivity contribution in [2.45, 2.75) is 76.2 Å². The number of nitrogens with one attached hydrogen (secondary N) is 1. The van der Waals surface area contributed by atoms with Gasteiger partial charge in [-0.3, -0.25) is 9.35 Å². The van der Waals surface area contributed by atoms with Crippen LogP contribution in [0.1, 0.15) is 71.7 Å². The summed E-state index contributed by atoms with van der Waals surface area (Å²) in [6, 6.07) is 14.3. The lowest BCUT2D eigenvalue weighted by atomic mass is 9.99. The number of benzene rings is 2. The Balaban J connectivity index is 1.03. The molecule has 0 radical (unpaired) electrons. The van der Waals surface area contributed by atoms with Crippen molar-refractivity contribution in [3.63, 3.8) is 0 Å². The number of carbonyl (C=O) groups excluding carboxylic acids is 1. The average Bonchev–Trinajstić information content (AvgIpc) is 3.49. The normalized spacial score (nSPS) is 21.9. The zero-order valence-electron chi connectivity index (χ0n) is 23.9. The summed E-state index contributed by atoms with van der Waals surface area (Å²) in [6.45, 7) is 2.44. The molecule has 2 aliphatic heterocycles. The van der Waals surface area contributed by atoms with Gasteiger partial charge in [0.1, 0.15) is 11.5 Å². The summed E-state index contributed by atoms with van der Waals surface area (Å²) in [5.41, 5.74) is 5.53. The first kappa shape index (κ1) is 28.5. The molecule has 2 bridgehead atoms. The predicted molar refractivity (Wildman–Crippen MR) is 164 cm³/mol. The molecule has 1 saturated carbocycles. The first-order chi connectivity index (χ1) is 20.7. The monoisotopic (exact) mass is 622 g/mol. The molecule has 3 fully saturated rings. The van der Waals surface area contributed by atoms with Crippen LogP contribution in [0.15, 0.2) is 47.0 Å². The van der Waals surface area contributed by atoms with E-state index in [1.54, 1.807) is 23.5 Å². The van der Waals surface area contributed by atoms with E-state index in [0.717, 1.165) is 76.5 Å². The number of amides is 1. The maximum atomic E-state index is 12.5. The summed E-state index contributed by atoms with van der Waals surface area (Å²) in [7, 11) is -4.13. The van der Waals surface area contributed by atoms with Crippen LogP contribution in [0, 0.1) is 6.92 Å². The van der Waals surface area contributed by atoms with E-state index in [-0.39, 0.29) is 18.6 Å². The van der Waals surface area contributed by atoms with Gasteiger partial charge >= 0.3 is 0 Å². The van der Waals surface area contributed by atoms with E-state index in [4.69, 9.17) is 18.8 Å². The van der Waals surface area contributed by atoms with Gasteiger partial charge in [-0.25, -0.2) is 4.98 Å². The van der Waals surface area contributed by atoms with Crippen molar-refractivity contribution in [3.05, 3.63) is 64.9 Å². The quantitative estimate of drug-likeness (QED) is 0.221. The molecule has 43 heavy (non-hydrogen) atoms. The fraction of sp³-hybridized carbons (Fsp3) is 0.452. The summed E-state index contributed by atoms with van der Waals surface area (Å²) in [5.74, 6) is 0.522. The molecular formula is C31H34N4O6S2.